The van der Waals surface area contributed by atoms with Gasteiger partial charge in [0, 0.05) is 5.69 Å². The van der Waals surface area contributed by atoms with Crippen molar-refractivity contribution in [1.29, 1.82) is 0 Å². The molecule has 0 aliphatic rings. The molecule has 2 rings (SSSR count). The number of hydrogen-bond acceptors (Lipinski definition) is 3. The van der Waals surface area contributed by atoms with E-state index in [0.717, 1.165) is 11.1 Å². The lowest BCUT2D eigenvalue weighted by Gasteiger charge is -2.09. The van der Waals surface area contributed by atoms with E-state index in [1.165, 1.54) is 6.07 Å². The summed E-state index contributed by atoms with van der Waals surface area (Å²) >= 11 is 0. The van der Waals surface area contributed by atoms with Crippen LogP contribution in [0.3, 0.4) is 0 Å². The van der Waals surface area contributed by atoms with Crippen LogP contribution in [-0.4, -0.2) is 11.0 Å². The standard InChI is InChI=1S/C15H16N2O2/c1-9-6-7-11(8-10(9)2)17-15(19)12-4-3-5-13(16)14(12)18/h3-8,18H,16H2,1-2H3,(H,17,19). The molecule has 4 nitrogen and oxygen atoms in total. The summed E-state index contributed by atoms with van der Waals surface area (Å²) in [4.78, 5) is 12.1. The summed E-state index contributed by atoms with van der Waals surface area (Å²) in [6.45, 7) is 3.98. The second kappa shape index (κ2) is 5.02. The average Bonchev–Trinajstić information content (AvgIpc) is 2.37. The fourth-order valence-electron chi connectivity index (χ4n) is 1.76. The van der Waals surface area contributed by atoms with E-state index in [1.807, 2.05) is 32.0 Å². The van der Waals surface area contributed by atoms with Crippen LogP contribution in [0.4, 0.5) is 11.4 Å². The minimum absolute atomic E-state index is 0.165. The molecular weight excluding hydrogens is 240 g/mol. The van der Waals surface area contributed by atoms with E-state index in [2.05, 4.69) is 5.32 Å². The normalized spacial score (nSPS) is 10.2. The molecule has 0 saturated heterocycles. The number of carbonyl (C=O) groups excluding carboxylic acids is 1. The van der Waals surface area contributed by atoms with E-state index in [0.29, 0.717) is 5.69 Å². The molecule has 4 N–H and O–H groups in total. The Hall–Kier alpha value is -2.49. The number of nitrogens with two attached hydrogens (primary N) is 1. The Morgan fingerprint density at radius 1 is 1.16 bits per heavy atom. The second-order valence-corrected chi connectivity index (χ2v) is 4.50. The molecule has 0 spiro atoms. The molecule has 98 valence electrons. The molecule has 2 aromatic carbocycles. The number of aromatic hydroxyl groups is 1. The van der Waals surface area contributed by atoms with Gasteiger partial charge >= 0.3 is 0 Å². The Morgan fingerprint density at radius 2 is 1.89 bits per heavy atom. The quantitative estimate of drug-likeness (QED) is 0.571. The molecule has 0 radical (unpaired) electrons. The van der Waals surface area contributed by atoms with Crippen LogP contribution in [0.1, 0.15) is 21.5 Å². The molecule has 0 heterocycles. The van der Waals surface area contributed by atoms with E-state index >= 15 is 0 Å². The van der Waals surface area contributed by atoms with Gasteiger partial charge in [0.25, 0.3) is 5.91 Å². The molecule has 0 saturated carbocycles. The van der Waals surface area contributed by atoms with Gasteiger partial charge in [-0.1, -0.05) is 12.1 Å². The Bertz CT molecular complexity index is 636. The number of nitrogen functional groups attached to an aromatic ring is 1. The van der Waals surface area contributed by atoms with Gasteiger partial charge in [0.1, 0.15) is 0 Å². The number of anilines is 2. The third kappa shape index (κ3) is 2.68. The first-order valence-electron chi connectivity index (χ1n) is 5.95. The van der Waals surface area contributed by atoms with E-state index in [1.54, 1.807) is 12.1 Å². The molecular formula is C15H16N2O2. The van der Waals surface area contributed by atoms with Crippen LogP contribution in [0.2, 0.25) is 0 Å². The molecule has 1 amide bonds. The smallest absolute Gasteiger partial charge is 0.259 e. The van der Waals surface area contributed by atoms with Crippen molar-refractivity contribution in [3.8, 4) is 5.75 Å². The number of phenolic OH excluding ortho intramolecular Hbond substituents is 1. The fraction of sp³-hybridized carbons (Fsp3) is 0.133. The maximum absolute atomic E-state index is 12.1. The van der Waals surface area contributed by atoms with Gasteiger partial charge in [-0.05, 0) is 49.2 Å². The van der Waals surface area contributed by atoms with Crippen molar-refractivity contribution in [2.24, 2.45) is 0 Å². The molecule has 0 unspecified atom stereocenters. The fourth-order valence-corrected chi connectivity index (χ4v) is 1.76. The van der Waals surface area contributed by atoms with E-state index < -0.39 is 0 Å². The van der Waals surface area contributed by atoms with Crippen LogP contribution in [0.5, 0.6) is 5.75 Å². The maximum Gasteiger partial charge on any atom is 0.259 e. The van der Waals surface area contributed by atoms with E-state index in [4.69, 9.17) is 5.73 Å². The van der Waals surface area contributed by atoms with Crippen LogP contribution >= 0.6 is 0 Å². The zero-order chi connectivity index (χ0) is 14.0. The highest BCUT2D eigenvalue weighted by Gasteiger charge is 2.13. The summed E-state index contributed by atoms with van der Waals surface area (Å²) in [5.74, 6) is -0.572. The summed E-state index contributed by atoms with van der Waals surface area (Å²) in [5, 5.41) is 12.5. The second-order valence-electron chi connectivity index (χ2n) is 4.50. The van der Waals surface area contributed by atoms with Crippen molar-refractivity contribution in [2.45, 2.75) is 13.8 Å². The van der Waals surface area contributed by atoms with Crippen molar-refractivity contribution < 1.29 is 9.90 Å². The van der Waals surface area contributed by atoms with Crippen LogP contribution in [0.25, 0.3) is 0 Å². The first-order valence-corrected chi connectivity index (χ1v) is 5.95. The summed E-state index contributed by atoms with van der Waals surface area (Å²) in [5.41, 5.74) is 8.86. The minimum atomic E-state index is -0.381. The van der Waals surface area contributed by atoms with Gasteiger partial charge in [0.15, 0.2) is 5.75 Å². The third-order valence-corrected chi connectivity index (χ3v) is 3.08. The topological polar surface area (TPSA) is 75.4 Å². The zero-order valence-electron chi connectivity index (χ0n) is 10.9. The molecule has 4 heteroatoms. The largest absolute Gasteiger partial charge is 0.505 e. The zero-order valence-corrected chi connectivity index (χ0v) is 10.9. The number of rotatable bonds is 2. The van der Waals surface area contributed by atoms with Crippen molar-refractivity contribution in [2.75, 3.05) is 11.1 Å². The van der Waals surface area contributed by atoms with Crippen molar-refractivity contribution in [1.82, 2.24) is 0 Å². The minimum Gasteiger partial charge on any atom is -0.505 e. The highest BCUT2D eigenvalue weighted by Crippen LogP contribution is 2.25. The predicted octanol–water partition coefficient (Wildman–Crippen LogP) is 2.84. The van der Waals surface area contributed by atoms with Gasteiger partial charge < -0.3 is 16.2 Å². The molecule has 0 fully saturated rings. The van der Waals surface area contributed by atoms with Gasteiger partial charge in [-0.15, -0.1) is 0 Å². The predicted molar refractivity (Wildman–Crippen MR) is 76.4 cm³/mol. The molecule has 0 atom stereocenters. The molecule has 19 heavy (non-hydrogen) atoms. The number of para-hydroxylation sites is 1. The van der Waals surface area contributed by atoms with Gasteiger partial charge in [-0.25, -0.2) is 0 Å². The molecule has 0 aliphatic carbocycles. The summed E-state index contributed by atoms with van der Waals surface area (Å²) in [6.07, 6.45) is 0. The van der Waals surface area contributed by atoms with E-state index in [9.17, 15) is 9.90 Å². The molecule has 0 bridgehead atoms. The van der Waals surface area contributed by atoms with Gasteiger partial charge in [-0.2, -0.15) is 0 Å². The highest BCUT2D eigenvalue weighted by molar-refractivity contribution is 6.07. The SMILES string of the molecule is Cc1ccc(NC(=O)c2cccc(N)c2O)cc1C. The summed E-state index contributed by atoms with van der Waals surface area (Å²) in [6, 6.07) is 10.3. The summed E-state index contributed by atoms with van der Waals surface area (Å²) < 4.78 is 0. The monoisotopic (exact) mass is 256 g/mol. The molecule has 2 aromatic rings. The first kappa shape index (κ1) is 13.0. The summed E-state index contributed by atoms with van der Waals surface area (Å²) in [7, 11) is 0. The lowest BCUT2D eigenvalue weighted by molar-refractivity contribution is 0.102. The average molecular weight is 256 g/mol. The lowest BCUT2D eigenvalue weighted by Crippen LogP contribution is -2.12. The van der Waals surface area contributed by atoms with Crippen LogP contribution in [0, 0.1) is 13.8 Å². The number of aryl methyl sites for hydroxylation is 2. The lowest BCUT2D eigenvalue weighted by atomic mass is 10.1. The van der Waals surface area contributed by atoms with Crippen molar-refractivity contribution >= 4 is 17.3 Å². The number of benzene rings is 2. The number of amides is 1. The van der Waals surface area contributed by atoms with Crippen LogP contribution in [0.15, 0.2) is 36.4 Å². The number of phenols is 1. The van der Waals surface area contributed by atoms with Crippen LogP contribution < -0.4 is 11.1 Å². The van der Waals surface area contributed by atoms with Crippen LogP contribution in [-0.2, 0) is 0 Å². The van der Waals surface area contributed by atoms with Crippen molar-refractivity contribution in [3.63, 3.8) is 0 Å². The highest BCUT2D eigenvalue weighted by atomic mass is 16.3. The van der Waals surface area contributed by atoms with Crippen molar-refractivity contribution in [3.05, 3.63) is 53.1 Å². The molecule has 0 aromatic heterocycles. The Kier molecular flexibility index (Phi) is 3.42. The first-order chi connectivity index (χ1) is 8.99. The molecule has 0 aliphatic heterocycles. The van der Waals surface area contributed by atoms with E-state index in [-0.39, 0.29) is 22.9 Å². The Balaban J connectivity index is 2.26. The van der Waals surface area contributed by atoms with Gasteiger partial charge in [-0.3, -0.25) is 4.79 Å². The Morgan fingerprint density at radius 3 is 2.58 bits per heavy atom. The Labute approximate surface area is 111 Å². The number of nitrogens with one attached hydrogen (secondary N) is 1. The van der Waals surface area contributed by atoms with Gasteiger partial charge in [0.05, 0.1) is 11.3 Å². The number of carbonyl (C=O) groups is 1. The van der Waals surface area contributed by atoms with Gasteiger partial charge in [0.2, 0.25) is 0 Å². The number of hydrogen-bond donors (Lipinski definition) is 3. The maximum atomic E-state index is 12.1. The third-order valence-electron chi connectivity index (χ3n) is 3.08.